The van der Waals surface area contributed by atoms with Crippen LogP contribution in [0.4, 0.5) is 0 Å². The van der Waals surface area contributed by atoms with E-state index >= 15 is 0 Å². The van der Waals surface area contributed by atoms with Crippen LogP contribution in [0.15, 0.2) is 30.6 Å². The number of hydrogen-bond acceptors (Lipinski definition) is 6. The maximum Gasteiger partial charge on any atom is 0.203 e. The summed E-state index contributed by atoms with van der Waals surface area (Å²) in [6, 6.07) is 7.47. The van der Waals surface area contributed by atoms with Crippen LogP contribution >= 0.6 is 0 Å². The second-order valence-electron chi connectivity index (χ2n) is 3.39. The number of hydrogen-bond donors (Lipinski definition) is 1. The molecule has 1 aromatic carbocycles. The molecule has 0 aliphatic carbocycles. The molecule has 0 spiro atoms. The largest absolute Gasteiger partial charge is 0.494 e. The summed E-state index contributed by atoms with van der Waals surface area (Å²) >= 11 is 0. The van der Waals surface area contributed by atoms with Gasteiger partial charge in [0.25, 0.3) is 0 Å². The molecule has 6 heteroatoms. The van der Waals surface area contributed by atoms with Crippen LogP contribution in [-0.2, 0) is 0 Å². The van der Waals surface area contributed by atoms with Gasteiger partial charge in [0.05, 0.1) is 6.61 Å². The fraction of sp³-hybridized carbons (Fsp3) is 0.273. The molecule has 0 bridgehead atoms. The topological polar surface area (TPSA) is 86.8 Å². The van der Waals surface area contributed by atoms with Crippen molar-refractivity contribution in [2.24, 2.45) is 5.73 Å². The molecule has 1 aromatic heterocycles. The predicted molar refractivity (Wildman–Crippen MR) is 62.2 cm³/mol. The van der Waals surface area contributed by atoms with Crippen LogP contribution in [0.25, 0.3) is 11.4 Å². The third-order valence-electron chi connectivity index (χ3n) is 2.14. The van der Waals surface area contributed by atoms with E-state index in [4.69, 9.17) is 10.5 Å². The first kappa shape index (κ1) is 11.4. The van der Waals surface area contributed by atoms with E-state index in [1.165, 1.54) is 6.33 Å². The summed E-state index contributed by atoms with van der Waals surface area (Å²) < 4.78 is 5.49. The van der Waals surface area contributed by atoms with Crippen LogP contribution in [0.3, 0.4) is 0 Å². The minimum Gasteiger partial charge on any atom is -0.494 e. The molecule has 0 saturated carbocycles. The Hall–Kier alpha value is -2.08. The molecule has 0 amide bonds. The van der Waals surface area contributed by atoms with Gasteiger partial charge in [-0.05, 0) is 37.2 Å². The van der Waals surface area contributed by atoms with Gasteiger partial charge in [0.1, 0.15) is 5.75 Å². The van der Waals surface area contributed by atoms with E-state index in [1.807, 2.05) is 24.3 Å². The average molecular weight is 231 g/mol. The molecule has 0 saturated heterocycles. The lowest BCUT2D eigenvalue weighted by molar-refractivity contribution is 0.313. The van der Waals surface area contributed by atoms with Gasteiger partial charge in [0.2, 0.25) is 5.82 Å². The number of ether oxygens (including phenoxy) is 1. The van der Waals surface area contributed by atoms with E-state index < -0.39 is 0 Å². The van der Waals surface area contributed by atoms with Crippen LogP contribution in [0, 0.1) is 0 Å². The summed E-state index contributed by atoms with van der Waals surface area (Å²) in [7, 11) is 0. The highest BCUT2D eigenvalue weighted by Crippen LogP contribution is 2.18. The minimum absolute atomic E-state index is 0.501. The molecule has 0 radical (unpaired) electrons. The highest BCUT2D eigenvalue weighted by molar-refractivity contribution is 5.54. The minimum atomic E-state index is 0.501. The Kier molecular flexibility index (Phi) is 3.93. The fourth-order valence-corrected chi connectivity index (χ4v) is 1.29. The van der Waals surface area contributed by atoms with Crippen molar-refractivity contribution in [2.75, 3.05) is 13.2 Å². The van der Waals surface area contributed by atoms with Gasteiger partial charge in [-0.2, -0.15) is 0 Å². The van der Waals surface area contributed by atoms with Gasteiger partial charge in [-0.15, -0.1) is 20.4 Å². The van der Waals surface area contributed by atoms with Gasteiger partial charge >= 0.3 is 0 Å². The van der Waals surface area contributed by atoms with Crippen LogP contribution in [0.1, 0.15) is 6.42 Å². The van der Waals surface area contributed by atoms with Crippen LogP contribution < -0.4 is 10.5 Å². The van der Waals surface area contributed by atoms with Crippen molar-refractivity contribution in [3.05, 3.63) is 30.6 Å². The second-order valence-corrected chi connectivity index (χ2v) is 3.39. The molecular formula is C11H13N5O. The van der Waals surface area contributed by atoms with Crippen molar-refractivity contribution in [1.82, 2.24) is 20.4 Å². The van der Waals surface area contributed by atoms with Gasteiger partial charge in [-0.1, -0.05) is 0 Å². The first-order valence-corrected chi connectivity index (χ1v) is 5.34. The van der Waals surface area contributed by atoms with E-state index in [1.54, 1.807) is 0 Å². The van der Waals surface area contributed by atoms with Crippen molar-refractivity contribution in [3.8, 4) is 17.1 Å². The summed E-state index contributed by atoms with van der Waals surface area (Å²) in [6.07, 6.45) is 2.14. The number of aromatic nitrogens is 4. The van der Waals surface area contributed by atoms with Gasteiger partial charge in [0, 0.05) is 5.56 Å². The van der Waals surface area contributed by atoms with Crippen molar-refractivity contribution in [3.63, 3.8) is 0 Å². The van der Waals surface area contributed by atoms with Crippen LogP contribution in [-0.4, -0.2) is 33.5 Å². The molecule has 88 valence electrons. The zero-order chi connectivity index (χ0) is 11.9. The summed E-state index contributed by atoms with van der Waals surface area (Å²) in [6.45, 7) is 1.26. The van der Waals surface area contributed by atoms with Gasteiger partial charge in [-0.25, -0.2) is 0 Å². The van der Waals surface area contributed by atoms with Crippen molar-refractivity contribution >= 4 is 0 Å². The molecule has 0 atom stereocenters. The van der Waals surface area contributed by atoms with Crippen molar-refractivity contribution in [2.45, 2.75) is 6.42 Å². The lowest BCUT2D eigenvalue weighted by Crippen LogP contribution is -2.05. The molecule has 0 fully saturated rings. The summed E-state index contributed by atoms with van der Waals surface area (Å²) in [4.78, 5) is 0. The standard InChI is InChI=1S/C11H13N5O/c12-6-1-7-17-10-4-2-9(3-5-10)11-15-13-8-14-16-11/h2-5,8H,1,6-7,12H2. The number of nitrogens with two attached hydrogens (primary N) is 1. The molecule has 0 unspecified atom stereocenters. The Morgan fingerprint density at radius 1 is 1.06 bits per heavy atom. The lowest BCUT2D eigenvalue weighted by Gasteiger charge is -2.05. The molecule has 6 nitrogen and oxygen atoms in total. The first-order chi connectivity index (χ1) is 8.40. The Balaban J connectivity index is 2.03. The Morgan fingerprint density at radius 3 is 2.41 bits per heavy atom. The lowest BCUT2D eigenvalue weighted by atomic mass is 10.2. The zero-order valence-corrected chi connectivity index (χ0v) is 9.28. The average Bonchev–Trinajstić information content (AvgIpc) is 2.41. The smallest absolute Gasteiger partial charge is 0.203 e. The summed E-state index contributed by atoms with van der Waals surface area (Å²) in [5.41, 5.74) is 6.24. The molecule has 2 N–H and O–H groups in total. The molecule has 2 rings (SSSR count). The summed E-state index contributed by atoms with van der Waals surface area (Å²) in [5.74, 6) is 1.31. The van der Waals surface area contributed by atoms with Gasteiger partial charge < -0.3 is 10.5 Å². The Labute approximate surface area is 98.9 Å². The van der Waals surface area contributed by atoms with Crippen molar-refractivity contribution < 1.29 is 4.74 Å². The van der Waals surface area contributed by atoms with E-state index in [0.717, 1.165) is 17.7 Å². The van der Waals surface area contributed by atoms with E-state index in [2.05, 4.69) is 20.4 Å². The van der Waals surface area contributed by atoms with Crippen LogP contribution in [0.5, 0.6) is 5.75 Å². The van der Waals surface area contributed by atoms with E-state index in [9.17, 15) is 0 Å². The molecule has 0 aliphatic heterocycles. The maximum absolute atomic E-state index is 5.49. The molecular weight excluding hydrogens is 218 g/mol. The number of nitrogens with zero attached hydrogens (tertiary/aromatic N) is 4. The van der Waals surface area contributed by atoms with Crippen LogP contribution in [0.2, 0.25) is 0 Å². The fourth-order valence-electron chi connectivity index (χ4n) is 1.29. The van der Waals surface area contributed by atoms with E-state index in [-0.39, 0.29) is 0 Å². The SMILES string of the molecule is NCCCOc1ccc(-c2nncnn2)cc1. The zero-order valence-electron chi connectivity index (χ0n) is 9.28. The Morgan fingerprint density at radius 2 is 1.76 bits per heavy atom. The monoisotopic (exact) mass is 231 g/mol. The number of benzene rings is 1. The molecule has 0 aliphatic rings. The van der Waals surface area contributed by atoms with Gasteiger partial charge in [0.15, 0.2) is 6.33 Å². The van der Waals surface area contributed by atoms with E-state index in [0.29, 0.717) is 19.0 Å². The van der Waals surface area contributed by atoms with Crippen molar-refractivity contribution in [1.29, 1.82) is 0 Å². The van der Waals surface area contributed by atoms with Gasteiger partial charge in [-0.3, -0.25) is 0 Å². The number of rotatable bonds is 5. The highest BCUT2D eigenvalue weighted by atomic mass is 16.5. The normalized spacial score (nSPS) is 10.2. The Bertz CT molecular complexity index is 445. The first-order valence-electron chi connectivity index (χ1n) is 5.34. The molecule has 17 heavy (non-hydrogen) atoms. The third kappa shape index (κ3) is 3.18. The molecule has 1 heterocycles. The summed E-state index contributed by atoms with van der Waals surface area (Å²) in [5, 5.41) is 15.1. The maximum atomic E-state index is 5.49. The molecule has 2 aromatic rings. The third-order valence-corrected chi connectivity index (χ3v) is 2.14. The second kappa shape index (κ2) is 5.86. The quantitative estimate of drug-likeness (QED) is 0.761. The predicted octanol–water partition coefficient (Wildman–Crippen LogP) is 0.661. The highest BCUT2D eigenvalue weighted by Gasteiger charge is 2.01.